The van der Waals surface area contributed by atoms with E-state index < -0.39 is 0 Å². The van der Waals surface area contributed by atoms with Gasteiger partial charge in [-0.05, 0) is 42.5 Å². The molecule has 144 valence electrons. The van der Waals surface area contributed by atoms with Crippen LogP contribution in [0.2, 0.25) is 5.02 Å². The molecule has 0 unspecified atom stereocenters. The molecule has 0 radical (unpaired) electrons. The number of rotatable bonds is 5. The normalized spacial score (nSPS) is 10.7. The molecule has 2 aromatic carbocycles. The van der Waals surface area contributed by atoms with Crippen LogP contribution in [0.5, 0.6) is 5.75 Å². The summed E-state index contributed by atoms with van der Waals surface area (Å²) in [5.41, 5.74) is 1.36. The van der Waals surface area contributed by atoms with Crippen LogP contribution in [0, 0.1) is 0 Å². The van der Waals surface area contributed by atoms with E-state index >= 15 is 0 Å². The van der Waals surface area contributed by atoms with Gasteiger partial charge in [-0.25, -0.2) is 4.98 Å². The van der Waals surface area contributed by atoms with E-state index in [1.165, 1.54) is 6.07 Å². The minimum absolute atomic E-state index is 0.00165. The second kappa shape index (κ2) is 8.16. The monoisotopic (exact) mass is 404 g/mol. The number of phenols is 1. The molecule has 4 aromatic rings. The number of phenolic OH excluding ortho intramolecular Hbond substituents is 1. The topological polar surface area (TPSA) is 78.4 Å². The SMILES string of the molecule is O=C(CN(c1ccccc1)c1ccccn1)Nc1cc(Cl)c2cccnc2c1O. The molecule has 2 heterocycles. The largest absolute Gasteiger partial charge is 0.504 e. The molecule has 0 saturated heterocycles. The van der Waals surface area contributed by atoms with E-state index in [0.717, 1.165) is 5.69 Å². The fraction of sp³-hybridized carbons (Fsp3) is 0.0455. The van der Waals surface area contributed by atoms with E-state index in [9.17, 15) is 9.90 Å². The number of hydrogen-bond acceptors (Lipinski definition) is 5. The number of anilines is 3. The van der Waals surface area contributed by atoms with Crippen LogP contribution < -0.4 is 10.2 Å². The van der Waals surface area contributed by atoms with Crippen molar-refractivity contribution in [1.29, 1.82) is 0 Å². The first-order chi connectivity index (χ1) is 14.1. The number of fused-ring (bicyclic) bond motifs is 1. The molecule has 0 aliphatic rings. The highest BCUT2D eigenvalue weighted by atomic mass is 35.5. The van der Waals surface area contributed by atoms with Gasteiger partial charge in [0.1, 0.15) is 17.9 Å². The molecule has 2 N–H and O–H groups in total. The smallest absolute Gasteiger partial charge is 0.244 e. The molecule has 0 atom stereocenters. The highest BCUT2D eigenvalue weighted by molar-refractivity contribution is 6.36. The predicted octanol–water partition coefficient (Wildman–Crippen LogP) is 4.77. The Bertz CT molecular complexity index is 1110. The molecule has 4 rings (SSSR count). The highest BCUT2D eigenvalue weighted by Crippen LogP contribution is 2.36. The lowest BCUT2D eigenvalue weighted by Gasteiger charge is -2.23. The number of benzene rings is 2. The van der Waals surface area contributed by atoms with E-state index in [4.69, 9.17) is 11.6 Å². The zero-order chi connectivity index (χ0) is 20.2. The molecule has 0 bridgehead atoms. The molecule has 2 aromatic heterocycles. The van der Waals surface area contributed by atoms with Gasteiger partial charge in [0.2, 0.25) is 5.91 Å². The Morgan fingerprint density at radius 1 is 1.00 bits per heavy atom. The van der Waals surface area contributed by atoms with Gasteiger partial charge >= 0.3 is 0 Å². The van der Waals surface area contributed by atoms with Crippen molar-refractivity contribution in [2.45, 2.75) is 0 Å². The lowest BCUT2D eigenvalue weighted by Crippen LogP contribution is -2.30. The van der Waals surface area contributed by atoms with Gasteiger partial charge in [0.25, 0.3) is 0 Å². The van der Waals surface area contributed by atoms with E-state index in [2.05, 4.69) is 15.3 Å². The summed E-state index contributed by atoms with van der Waals surface area (Å²) in [5.74, 6) is 0.180. The standard InChI is InChI=1S/C22H17ClN4O2/c23-17-13-18(22(29)21-16(17)9-6-12-25-21)26-20(28)14-27(15-7-2-1-3-8-15)19-10-4-5-11-24-19/h1-13,29H,14H2,(H,26,28). The number of aromatic hydroxyl groups is 1. The molecule has 7 heteroatoms. The molecule has 6 nitrogen and oxygen atoms in total. The van der Waals surface area contributed by atoms with Crippen molar-refractivity contribution >= 4 is 45.6 Å². The quantitative estimate of drug-likeness (QED) is 0.468. The first kappa shape index (κ1) is 18.7. The summed E-state index contributed by atoms with van der Waals surface area (Å²) in [7, 11) is 0. The summed E-state index contributed by atoms with van der Waals surface area (Å²) in [4.78, 5) is 23.1. The lowest BCUT2D eigenvalue weighted by molar-refractivity contribution is -0.114. The van der Waals surface area contributed by atoms with Gasteiger partial charge in [-0.1, -0.05) is 35.9 Å². The second-order valence-electron chi connectivity index (χ2n) is 6.31. The molecule has 0 spiro atoms. The van der Waals surface area contributed by atoms with Gasteiger partial charge in [0.05, 0.1) is 10.7 Å². The molecule has 0 aliphatic carbocycles. The average molecular weight is 405 g/mol. The van der Waals surface area contributed by atoms with Crippen molar-refractivity contribution in [3.8, 4) is 5.75 Å². The number of para-hydroxylation sites is 1. The fourth-order valence-electron chi connectivity index (χ4n) is 3.04. The zero-order valence-corrected chi connectivity index (χ0v) is 16.0. The first-order valence-electron chi connectivity index (χ1n) is 8.93. The van der Waals surface area contributed by atoms with Crippen LogP contribution in [-0.4, -0.2) is 27.5 Å². The molecular formula is C22H17ClN4O2. The zero-order valence-electron chi connectivity index (χ0n) is 15.3. The van der Waals surface area contributed by atoms with Crippen LogP contribution >= 0.6 is 11.6 Å². The Labute approximate surface area is 172 Å². The van der Waals surface area contributed by atoms with Gasteiger partial charge in [-0.15, -0.1) is 0 Å². The van der Waals surface area contributed by atoms with Gasteiger partial charge in [-0.3, -0.25) is 9.78 Å². The van der Waals surface area contributed by atoms with Crippen molar-refractivity contribution in [3.63, 3.8) is 0 Å². The number of aromatic nitrogens is 2. The molecular weight excluding hydrogens is 388 g/mol. The number of nitrogens with one attached hydrogen (secondary N) is 1. The maximum atomic E-state index is 12.8. The van der Waals surface area contributed by atoms with Crippen LogP contribution in [0.3, 0.4) is 0 Å². The third kappa shape index (κ3) is 3.97. The summed E-state index contributed by atoms with van der Waals surface area (Å²) in [6.45, 7) is -0.00165. The Morgan fingerprint density at radius 2 is 1.76 bits per heavy atom. The second-order valence-corrected chi connectivity index (χ2v) is 6.72. The molecule has 29 heavy (non-hydrogen) atoms. The highest BCUT2D eigenvalue weighted by Gasteiger charge is 2.18. The number of nitrogens with zero attached hydrogens (tertiary/aromatic N) is 3. The summed E-state index contributed by atoms with van der Waals surface area (Å²) in [5, 5.41) is 14.3. The van der Waals surface area contributed by atoms with Crippen LogP contribution in [-0.2, 0) is 4.79 Å². The minimum atomic E-state index is -0.332. The number of carbonyl (C=O) groups is 1. The first-order valence-corrected chi connectivity index (χ1v) is 9.31. The minimum Gasteiger partial charge on any atom is -0.504 e. The van der Waals surface area contributed by atoms with Crippen molar-refractivity contribution in [2.24, 2.45) is 0 Å². The maximum absolute atomic E-state index is 12.8. The number of amides is 1. The van der Waals surface area contributed by atoms with Gasteiger partial charge in [0.15, 0.2) is 5.75 Å². The van der Waals surface area contributed by atoms with E-state index in [0.29, 0.717) is 21.7 Å². The van der Waals surface area contributed by atoms with Crippen LogP contribution in [0.4, 0.5) is 17.2 Å². The fourth-order valence-corrected chi connectivity index (χ4v) is 3.30. The number of pyridine rings is 2. The number of carbonyl (C=O) groups excluding carboxylic acids is 1. The average Bonchev–Trinajstić information content (AvgIpc) is 2.77. The predicted molar refractivity (Wildman–Crippen MR) is 115 cm³/mol. The Hall–Kier alpha value is -3.64. The van der Waals surface area contributed by atoms with Gasteiger partial charge in [0, 0.05) is 23.5 Å². The summed E-state index contributed by atoms with van der Waals surface area (Å²) >= 11 is 6.29. The van der Waals surface area contributed by atoms with E-state index in [-0.39, 0.29) is 23.9 Å². The summed E-state index contributed by atoms with van der Waals surface area (Å²) < 4.78 is 0. The molecule has 0 fully saturated rings. The van der Waals surface area contributed by atoms with Crippen LogP contribution in [0.15, 0.2) is 79.1 Å². The summed E-state index contributed by atoms with van der Waals surface area (Å²) in [6, 6.07) is 20.0. The molecule has 1 amide bonds. The summed E-state index contributed by atoms with van der Waals surface area (Å²) in [6.07, 6.45) is 3.23. The maximum Gasteiger partial charge on any atom is 0.244 e. The van der Waals surface area contributed by atoms with Crippen LogP contribution in [0.25, 0.3) is 10.9 Å². The van der Waals surface area contributed by atoms with Crippen molar-refractivity contribution in [1.82, 2.24) is 9.97 Å². The van der Waals surface area contributed by atoms with E-state index in [1.807, 2.05) is 48.5 Å². The third-order valence-corrected chi connectivity index (χ3v) is 4.70. The third-order valence-electron chi connectivity index (χ3n) is 4.39. The van der Waals surface area contributed by atoms with E-state index in [1.54, 1.807) is 29.4 Å². The Kier molecular flexibility index (Phi) is 5.27. The Morgan fingerprint density at radius 3 is 2.52 bits per heavy atom. The molecule has 0 aliphatic heterocycles. The number of halogens is 1. The lowest BCUT2D eigenvalue weighted by atomic mass is 10.1. The van der Waals surface area contributed by atoms with Crippen molar-refractivity contribution in [2.75, 3.05) is 16.8 Å². The van der Waals surface area contributed by atoms with Crippen molar-refractivity contribution < 1.29 is 9.90 Å². The number of hydrogen-bond donors (Lipinski definition) is 2. The Balaban J connectivity index is 1.62. The molecule has 0 saturated carbocycles. The van der Waals surface area contributed by atoms with Crippen molar-refractivity contribution in [3.05, 3.63) is 84.1 Å². The van der Waals surface area contributed by atoms with Gasteiger partial charge < -0.3 is 15.3 Å². The van der Waals surface area contributed by atoms with Gasteiger partial charge in [-0.2, -0.15) is 0 Å². The van der Waals surface area contributed by atoms with Crippen LogP contribution in [0.1, 0.15) is 0 Å².